The summed E-state index contributed by atoms with van der Waals surface area (Å²) in [5, 5.41) is 3.16. The number of rotatable bonds is 8. The van der Waals surface area contributed by atoms with Crippen molar-refractivity contribution in [3.63, 3.8) is 0 Å². The number of nitrogens with zero attached hydrogens (tertiary/aromatic N) is 2. The summed E-state index contributed by atoms with van der Waals surface area (Å²) in [5.41, 5.74) is 2.94. The molecule has 2 aromatic heterocycles. The monoisotopic (exact) mass is 525 g/mol. The summed E-state index contributed by atoms with van der Waals surface area (Å²) in [7, 11) is 0. The zero-order valence-electron chi connectivity index (χ0n) is 22.3. The van der Waals surface area contributed by atoms with E-state index < -0.39 is 17.8 Å². The number of barbiturate groups is 1. The molecule has 0 atom stereocenters. The number of nitrogens with one attached hydrogen (secondary N) is 1. The number of hydrogen-bond donors (Lipinski definition) is 1. The third kappa shape index (κ3) is 5.65. The molecule has 1 N–H and O–H groups in total. The Labute approximate surface area is 226 Å². The fourth-order valence-electron chi connectivity index (χ4n) is 4.60. The Morgan fingerprint density at radius 3 is 2.46 bits per heavy atom. The standard InChI is InChI=1S/C31H31N3O5/c1-31(2,3)22-11-13-23(14-12-22)38-17-7-15-33-19-21(25-9-4-5-10-27(25)33)18-26-28(35)32-30(37)34(29(26)36)20-24-8-6-16-39-24/h4-6,8-14,16,18-19H,7,15,17,20H2,1-3H3,(H,32,35,37)/b26-18+. The van der Waals surface area contributed by atoms with Crippen LogP contribution in [0, 0.1) is 0 Å². The Bertz CT molecular complexity index is 1540. The first-order chi connectivity index (χ1) is 18.7. The predicted octanol–water partition coefficient (Wildman–Crippen LogP) is 5.66. The van der Waals surface area contributed by atoms with Gasteiger partial charge in [-0.1, -0.05) is 51.1 Å². The number of fused-ring (bicyclic) bond motifs is 1. The topological polar surface area (TPSA) is 93.8 Å². The van der Waals surface area contributed by atoms with E-state index >= 15 is 0 Å². The SMILES string of the molecule is CC(C)(C)c1ccc(OCCCn2cc(/C=C3\C(=O)NC(=O)N(Cc4ccco4)C3=O)c3ccccc32)cc1. The van der Waals surface area contributed by atoms with Crippen molar-refractivity contribution in [1.29, 1.82) is 0 Å². The molecule has 39 heavy (non-hydrogen) atoms. The van der Waals surface area contributed by atoms with E-state index in [9.17, 15) is 14.4 Å². The maximum Gasteiger partial charge on any atom is 0.331 e. The van der Waals surface area contributed by atoms with Crippen molar-refractivity contribution < 1.29 is 23.5 Å². The molecule has 4 aromatic rings. The number of aromatic nitrogens is 1. The quantitative estimate of drug-likeness (QED) is 0.182. The number of furan rings is 1. The van der Waals surface area contributed by atoms with Gasteiger partial charge in [-0.15, -0.1) is 0 Å². The van der Waals surface area contributed by atoms with Crippen molar-refractivity contribution in [2.24, 2.45) is 0 Å². The van der Waals surface area contributed by atoms with Crippen LogP contribution in [0.1, 0.15) is 44.1 Å². The summed E-state index contributed by atoms with van der Waals surface area (Å²) in [4.78, 5) is 39.1. The van der Waals surface area contributed by atoms with E-state index in [1.54, 1.807) is 18.2 Å². The first-order valence-electron chi connectivity index (χ1n) is 12.9. The van der Waals surface area contributed by atoms with Gasteiger partial charge in [0.05, 0.1) is 19.4 Å². The number of amides is 4. The molecule has 1 aliphatic heterocycles. The number of ether oxygens (including phenoxy) is 1. The van der Waals surface area contributed by atoms with Gasteiger partial charge in [0.15, 0.2) is 0 Å². The second-order valence-corrected chi connectivity index (χ2v) is 10.6. The molecular weight excluding hydrogens is 494 g/mol. The van der Waals surface area contributed by atoms with E-state index in [1.807, 2.05) is 42.6 Å². The molecule has 3 heterocycles. The average molecular weight is 526 g/mol. The molecule has 1 aliphatic rings. The predicted molar refractivity (Wildman–Crippen MR) is 148 cm³/mol. The summed E-state index contributed by atoms with van der Waals surface area (Å²) in [5.74, 6) is -0.108. The number of carbonyl (C=O) groups excluding carboxylic acids is 3. The van der Waals surface area contributed by atoms with Crippen LogP contribution in [0.15, 0.2) is 83.1 Å². The van der Waals surface area contributed by atoms with Crippen molar-refractivity contribution in [3.8, 4) is 5.75 Å². The van der Waals surface area contributed by atoms with E-state index in [2.05, 4.69) is 42.8 Å². The molecule has 1 saturated heterocycles. The second-order valence-electron chi connectivity index (χ2n) is 10.6. The van der Waals surface area contributed by atoms with Crippen LogP contribution in [0.5, 0.6) is 5.75 Å². The van der Waals surface area contributed by atoms with Gasteiger partial charge >= 0.3 is 6.03 Å². The van der Waals surface area contributed by atoms with Crippen molar-refractivity contribution in [3.05, 3.63) is 95.6 Å². The molecule has 8 heteroatoms. The van der Waals surface area contributed by atoms with E-state index in [0.717, 1.165) is 33.5 Å². The molecule has 0 radical (unpaired) electrons. The van der Waals surface area contributed by atoms with E-state index in [1.165, 1.54) is 11.8 Å². The minimum Gasteiger partial charge on any atom is -0.494 e. The van der Waals surface area contributed by atoms with Crippen molar-refractivity contribution in [1.82, 2.24) is 14.8 Å². The van der Waals surface area contributed by atoms with Gasteiger partial charge in [0.1, 0.15) is 17.1 Å². The highest BCUT2D eigenvalue weighted by molar-refractivity contribution is 6.31. The Hall–Kier alpha value is -4.59. The summed E-state index contributed by atoms with van der Waals surface area (Å²) >= 11 is 0. The molecule has 0 aliphatic carbocycles. The minimum atomic E-state index is -0.769. The minimum absolute atomic E-state index is 0.0665. The van der Waals surface area contributed by atoms with E-state index in [-0.39, 0.29) is 17.5 Å². The van der Waals surface area contributed by atoms with Gasteiger partial charge in [0, 0.05) is 29.2 Å². The van der Waals surface area contributed by atoms with E-state index in [4.69, 9.17) is 9.15 Å². The lowest BCUT2D eigenvalue weighted by molar-refractivity contribution is -0.130. The van der Waals surface area contributed by atoms with Crippen molar-refractivity contribution in [2.75, 3.05) is 6.61 Å². The van der Waals surface area contributed by atoms with Gasteiger partial charge < -0.3 is 13.7 Å². The third-order valence-corrected chi connectivity index (χ3v) is 6.73. The van der Waals surface area contributed by atoms with Gasteiger partial charge in [-0.25, -0.2) is 4.79 Å². The number of para-hydroxylation sites is 1. The zero-order chi connectivity index (χ0) is 27.6. The van der Waals surface area contributed by atoms with Crippen LogP contribution in [-0.4, -0.2) is 33.9 Å². The summed E-state index contributed by atoms with van der Waals surface area (Å²) in [6.45, 7) is 7.71. The van der Waals surface area contributed by atoms with Gasteiger partial charge in [-0.05, 0) is 53.8 Å². The highest BCUT2D eigenvalue weighted by atomic mass is 16.5. The third-order valence-electron chi connectivity index (χ3n) is 6.73. The number of benzene rings is 2. The van der Waals surface area contributed by atoms with Gasteiger partial charge in [-0.2, -0.15) is 0 Å². The summed E-state index contributed by atoms with van der Waals surface area (Å²) in [6, 6.07) is 18.6. The first kappa shape index (κ1) is 26.0. The molecular formula is C31H31N3O5. The number of hydrogen-bond acceptors (Lipinski definition) is 5. The van der Waals surface area contributed by atoms with Gasteiger partial charge in [0.2, 0.25) is 0 Å². The van der Waals surface area contributed by atoms with Crippen molar-refractivity contribution in [2.45, 2.75) is 45.7 Å². The van der Waals surface area contributed by atoms with Gasteiger partial charge in [0.25, 0.3) is 11.8 Å². The molecule has 0 bridgehead atoms. The van der Waals surface area contributed by atoms with Crippen LogP contribution in [0.25, 0.3) is 17.0 Å². The first-order valence-corrected chi connectivity index (χ1v) is 12.9. The molecule has 2 aromatic carbocycles. The molecule has 5 rings (SSSR count). The lowest BCUT2D eigenvalue weighted by Crippen LogP contribution is -2.53. The molecule has 0 spiro atoms. The molecule has 4 amide bonds. The molecule has 0 saturated carbocycles. The van der Waals surface area contributed by atoms with Crippen LogP contribution in [0.2, 0.25) is 0 Å². The normalized spacial score (nSPS) is 15.3. The van der Waals surface area contributed by atoms with Crippen LogP contribution in [0.3, 0.4) is 0 Å². The Kier molecular flexibility index (Phi) is 7.11. The fourth-order valence-corrected chi connectivity index (χ4v) is 4.60. The highest BCUT2D eigenvalue weighted by Crippen LogP contribution is 2.27. The largest absolute Gasteiger partial charge is 0.494 e. The van der Waals surface area contributed by atoms with Crippen LogP contribution < -0.4 is 10.1 Å². The van der Waals surface area contributed by atoms with Crippen LogP contribution >= 0.6 is 0 Å². The lowest BCUT2D eigenvalue weighted by Gasteiger charge is -2.25. The Morgan fingerprint density at radius 1 is 0.974 bits per heavy atom. The fraction of sp³-hybridized carbons (Fsp3) is 0.258. The Morgan fingerprint density at radius 2 is 1.74 bits per heavy atom. The van der Waals surface area contributed by atoms with E-state index in [0.29, 0.717) is 18.9 Å². The summed E-state index contributed by atoms with van der Waals surface area (Å²) < 4.78 is 13.3. The maximum absolute atomic E-state index is 13.2. The average Bonchev–Trinajstić information content (AvgIpc) is 3.55. The number of carbonyl (C=O) groups is 3. The number of urea groups is 1. The number of imide groups is 2. The second kappa shape index (κ2) is 10.6. The lowest BCUT2D eigenvalue weighted by atomic mass is 9.87. The molecule has 1 fully saturated rings. The zero-order valence-corrected chi connectivity index (χ0v) is 22.3. The molecule has 8 nitrogen and oxygen atoms in total. The highest BCUT2D eigenvalue weighted by Gasteiger charge is 2.36. The van der Waals surface area contributed by atoms with Crippen molar-refractivity contribution >= 4 is 34.8 Å². The molecule has 0 unspecified atom stereocenters. The maximum atomic E-state index is 13.2. The number of aryl methyl sites for hydroxylation is 1. The van der Waals surface area contributed by atoms with Crippen LogP contribution in [0.4, 0.5) is 4.79 Å². The molecule has 200 valence electrons. The Balaban J connectivity index is 1.31. The van der Waals surface area contributed by atoms with Crippen LogP contribution in [-0.2, 0) is 28.1 Å². The smallest absolute Gasteiger partial charge is 0.331 e. The summed E-state index contributed by atoms with van der Waals surface area (Å²) in [6.07, 6.45) is 5.70. The van der Waals surface area contributed by atoms with Gasteiger partial charge in [-0.3, -0.25) is 19.8 Å².